The van der Waals surface area contributed by atoms with Crippen LogP contribution in [0.1, 0.15) is 50.2 Å². The van der Waals surface area contributed by atoms with Gasteiger partial charge in [-0.3, -0.25) is 0 Å². The van der Waals surface area contributed by atoms with E-state index in [9.17, 15) is 5.11 Å². The number of rotatable bonds is 3. The van der Waals surface area contributed by atoms with Crippen molar-refractivity contribution in [3.63, 3.8) is 0 Å². The molecule has 0 bridgehead atoms. The molecular formula is C14H20O. The molecule has 1 saturated carbocycles. The Kier molecular flexibility index (Phi) is 2.83. The van der Waals surface area contributed by atoms with Crippen LogP contribution in [0.2, 0.25) is 0 Å². The molecule has 1 heteroatoms. The third-order valence-electron chi connectivity index (χ3n) is 3.46. The number of hydrogen-bond acceptors (Lipinski definition) is 1. The van der Waals surface area contributed by atoms with E-state index in [-0.39, 0.29) is 5.60 Å². The number of hydrogen-bond donors (Lipinski definition) is 1. The highest BCUT2D eigenvalue weighted by atomic mass is 16.3. The Hall–Kier alpha value is -0.820. The van der Waals surface area contributed by atoms with Gasteiger partial charge in [0.25, 0.3) is 0 Å². The SMILES string of the molecule is CC(C)c1ccc(CC2(O)CCC2)cc1. The van der Waals surface area contributed by atoms with Gasteiger partial charge in [0.2, 0.25) is 0 Å². The van der Waals surface area contributed by atoms with E-state index in [1.54, 1.807) is 0 Å². The summed E-state index contributed by atoms with van der Waals surface area (Å²) in [5.41, 5.74) is 2.25. The van der Waals surface area contributed by atoms with Gasteiger partial charge in [0.05, 0.1) is 5.60 Å². The van der Waals surface area contributed by atoms with E-state index in [0.717, 1.165) is 19.3 Å². The van der Waals surface area contributed by atoms with Crippen LogP contribution in [0.3, 0.4) is 0 Å². The van der Waals surface area contributed by atoms with Gasteiger partial charge in [0.1, 0.15) is 0 Å². The van der Waals surface area contributed by atoms with Crippen LogP contribution in [0, 0.1) is 0 Å². The fraction of sp³-hybridized carbons (Fsp3) is 0.571. The third-order valence-corrected chi connectivity index (χ3v) is 3.46. The van der Waals surface area contributed by atoms with Gasteiger partial charge in [-0.15, -0.1) is 0 Å². The molecule has 15 heavy (non-hydrogen) atoms. The van der Waals surface area contributed by atoms with Gasteiger partial charge in [0.15, 0.2) is 0 Å². The summed E-state index contributed by atoms with van der Waals surface area (Å²) in [6, 6.07) is 8.68. The monoisotopic (exact) mass is 204 g/mol. The fourth-order valence-corrected chi connectivity index (χ4v) is 2.16. The standard InChI is InChI=1S/C14H20O/c1-11(2)13-6-4-12(5-7-13)10-14(15)8-3-9-14/h4-7,11,15H,3,8-10H2,1-2H3. The minimum absolute atomic E-state index is 0.390. The highest BCUT2D eigenvalue weighted by Gasteiger charge is 2.34. The van der Waals surface area contributed by atoms with Crippen LogP contribution in [0.4, 0.5) is 0 Å². The van der Waals surface area contributed by atoms with Crippen LogP contribution in [0.15, 0.2) is 24.3 Å². The van der Waals surface area contributed by atoms with Gasteiger partial charge in [-0.25, -0.2) is 0 Å². The summed E-state index contributed by atoms with van der Waals surface area (Å²) in [4.78, 5) is 0. The molecule has 0 heterocycles. The van der Waals surface area contributed by atoms with Crippen LogP contribution in [0.25, 0.3) is 0 Å². The van der Waals surface area contributed by atoms with E-state index >= 15 is 0 Å². The smallest absolute Gasteiger partial charge is 0.0688 e. The minimum Gasteiger partial charge on any atom is -0.390 e. The van der Waals surface area contributed by atoms with E-state index in [1.165, 1.54) is 17.5 Å². The molecule has 1 aliphatic rings. The second-order valence-corrected chi connectivity index (χ2v) is 5.15. The Morgan fingerprint density at radius 3 is 2.20 bits per heavy atom. The van der Waals surface area contributed by atoms with Crippen molar-refractivity contribution in [2.45, 2.75) is 51.0 Å². The van der Waals surface area contributed by atoms with Crippen LogP contribution >= 0.6 is 0 Å². The molecule has 1 aromatic rings. The van der Waals surface area contributed by atoms with Crippen molar-refractivity contribution >= 4 is 0 Å². The molecule has 1 aromatic carbocycles. The van der Waals surface area contributed by atoms with E-state index in [2.05, 4.69) is 38.1 Å². The highest BCUT2D eigenvalue weighted by molar-refractivity contribution is 5.26. The van der Waals surface area contributed by atoms with Crippen LogP contribution < -0.4 is 0 Å². The Balaban J connectivity index is 2.04. The Labute approximate surface area is 92.1 Å². The van der Waals surface area contributed by atoms with E-state index in [1.807, 2.05) is 0 Å². The molecule has 0 saturated heterocycles. The molecule has 1 aliphatic carbocycles. The van der Waals surface area contributed by atoms with Gasteiger partial charge in [0, 0.05) is 6.42 Å². The lowest BCUT2D eigenvalue weighted by atomic mass is 9.76. The summed E-state index contributed by atoms with van der Waals surface area (Å²) in [6.07, 6.45) is 3.95. The van der Waals surface area contributed by atoms with Crippen molar-refractivity contribution in [2.75, 3.05) is 0 Å². The molecule has 0 unspecified atom stereocenters. The lowest BCUT2D eigenvalue weighted by molar-refractivity contribution is -0.0322. The Morgan fingerprint density at radius 2 is 1.80 bits per heavy atom. The zero-order valence-electron chi connectivity index (χ0n) is 9.66. The normalized spacial score (nSPS) is 18.9. The third kappa shape index (κ3) is 2.40. The van der Waals surface area contributed by atoms with Crippen LogP contribution in [-0.4, -0.2) is 10.7 Å². The van der Waals surface area contributed by atoms with Gasteiger partial charge in [-0.05, 0) is 36.3 Å². The van der Waals surface area contributed by atoms with Gasteiger partial charge in [-0.2, -0.15) is 0 Å². The van der Waals surface area contributed by atoms with Crippen molar-refractivity contribution in [1.82, 2.24) is 0 Å². The van der Waals surface area contributed by atoms with Gasteiger partial charge in [-0.1, -0.05) is 38.1 Å². The molecule has 2 rings (SSSR count). The molecule has 1 fully saturated rings. The van der Waals surface area contributed by atoms with E-state index < -0.39 is 0 Å². The lowest BCUT2D eigenvalue weighted by Gasteiger charge is -2.36. The summed E-state index contributed by atoms with van der Waals surface area (Å²) >= 11 is 0. The summed E-state index contributed by atoms with van der Waals surface area (Å²) in [6.45, 7) is 4.41. The zero-order chi connectivity index (χ0) is 10.9. The van der Waals surface area contributed by atoms with Gasteiger partial charge < -0.3 is 5.11 Å². The van der Waals surface area contributed by atoms with Crippen molar-refractivity contribution < 1.29 is 5.11 Å². The number of benzene rings is 1. The fourth-order valence-electron chi connectivity index (χ4n) is 2.16. The summed E-state index contributed by atoms with van der Waals surface area (Å²) in [5.74, 6) is 0.589. The molecule has 1 nitrogen and oxygen atoms in total. The zero-order valence-corrected chi connectivity index (χ0v) is 9.66. The van der Waals surface area contributed by atoms with Crippen LogP contribution in [-0.2, 0) is 6.42 Å². The first kappa shape index (κ1) is 10.7. The maximum atomic E-state index is 10.0. The van der Waals surface area contributed by atoms with E-state index in [0.29, 0.717) is 5.92 Å². The molecule has 0 radical (unpaired) electrons. The highest BCUT2D eigenvalue weighted by Crippen LogP contribution is 2.34. The molecule has 1 N–H and O–H groups in total. The van der Waals surface area contributed by atoms with Crippen LogP contribution in [0.5, 0.6) is 0 Å². The maximum Gasteiger partial charge on any atom is 0.0688 e. The van der Waals surface area contributed by atoms with Crippen molar-refractivity contribution in [2.24, 2.45) is 0 Å². The predicted octanol–water partition coefficient (Wildman–Crippen LogP) is 3.27. The molecule has 0 aromatic heterocycles. The summed E-state index contributed by atoms with van der Waals surface area (Å²) < 4.78 is 0. The van der Waals surface area contributed by atoms with E-state index in [4.69, 9.17) is 0 Å². The average Bonchev–Trinajstić information content (AvgIpc) is 2.16. The maximum absolute atomic E-state index is 10.0. The molecular weight excluding hydrogens is 184 g/mol. The van der Waals surface area contributed by atoms with Gasteiger partial charge >= 0.3 is 0 Å². The van der Waals surface area contributed by atoms with Crippen molar-refractivity contribution in [1.29, 1.82) is 0 Å². The summed E-state index contributed by atoms with van der Waals surface area (Å²) in [7, 11) is 0. The second kappa shape index (κ2) is 3.97. The lowest BCUT2D eigenvalue weighted by Crippen LogP contribution is -2.38. The molecule has 0 amide bonds. The first-order chi connectivity index (χ1) is 7.09. The number of aliphatic hydroxyl groups is 1. The van der Waals surface area contributed by atoms with Crippen molar-refractivity contribution in [3.8, 4) is 0 Å². The molecule has 82 valence electrons. The molecule has 0 atom stereocenters. The second-order valence-electron chi connectivity index (χ2n) is 5.15. The predicted molar refractivity (Wildman–Crippen MR) is 63.0 cm³/mol. The topological polar surface area (TPSA) is 20.2 Å². The first-order valence-corrected chi connectivity index (χ1v) is 5.90. The minimum atomic E-state index is -0.390. The Morgan fingerprint density at radius 1 is 1.20 bits per heavy atom. The first-order valence-electron chi connectivity index (χ1n) is 5.90. The van der Waals surface area contributed by atoms with Crippen molar-refractivity contribution in [3.05, 3.63) is 35.4 Å². The largest absolute Gasteiger partial charge is 0.390 e. The molecule has 0 aliphatic heterocycles. The Bertz CT molecular complexity index is 320. The molecule has 0 spiro atoms. The average molecular weight is 204 g/mol. The quantitative estimate of drug-likeness (QED) is 0.801. The summed E-state index contributed by atoms with van der Waals surface area (Å²) in [5, 5.41) is 10.0.